The Morgan fingerprint density at radius 3 is 0.911 bits per heavy atom. The highest BCUT2D eigenvalue weighted by Crippen LogP contribution is 2.37. The molecule has 0 amide bonds. The smallest absolute Gasteiger partial charge is 0.104 e. The fourth-order valence-electron chi connectivity index (χ4n) is 7.62. The second-order valence-corrected chi connectivity index (χ2v) is 15.4. The van der Waals surface area contributed by atoms with Gasteiger partial charge in [-0.05, 0) is 31.1 Å². The molecule has 266 valence electrons. The molecule has 3 rings (SSSR count). The third kappa shape index (κ3) is 25.5. The van der Waals surface area contributed by atoms with Gasteiger partial charge < -0.3 is 18.9 Å². The Kier molecular flexibility index (Phi) is 25.2. The van der Waals surface area contributed by atoms with Crippen molar-refractivity contribution in [3.05, 3.63) is 0 Å². The summed E-state index contributed by atoms with van der Waals surface area (Å²) in [6.07, 6.45) is 45.8. The van der Waals surface area contributed by atoms with Crippen LogP contribution in [0.15, 0.2) is 0 Å². The van der Waals surface area contributed by atoms with Crippen LogP contribution in [0.2, 0.25) is 0 Å². The van der Waals surface area contributed by atoms with Gasteiger partial charge in [0, 0.05) is 13.2 Å². The second kappa shape index (κ2) is 28.8. The summed E-state index contributed by atoms with van der Waals surface area (Å²) in [7, 11) is 0. The minimum atomic E-state index is 0.422. The maximum absolute atomic E-state index is 5.61. The Bertz CT molecular complexity index is 567. The average Bonchev–Trinajstić information content (AvgIpc) is 3.99. The van der Waals surface area contributed by atoms with Crippen LogP contribution in [0.3, 0.4) is 0 Å². The van der Waals surface area contributed by atoms with E-state index in [1.807, 2.05) is 0 Å². The van der Waals surface area contributed by atoms with E-state index in [2.05, 4.69) is 0 Å². The van der Waals surface area contributed by atoms with Crippen molar-refractivity contribution in [1.82, 2.24) is 0 Å². The summed E-state index contributed by atoms with van der Waals surface area (Å²) >= 11 is 0. The van der Waals surface area contributed by atoms with Crippen LogP contribution in [0.4, 0.5) is 0 Å². The lowest BCUT2D eigenvalue weighted by molar-refractivity contribution is 0.113. The maximum Gasteiger partial charge on any atom is 0.104 e. The number of hydrogen-bond donors (Lipinski definition) is 0. The van der Waals surface area contributed by atoms with Crippen LogP contribution >= 0.6 is 0 Å². The van der Waals surface area contributed by atoms with Crippen molar-refractivity contribution in [2.24, 2.45) is 11.8 Å². The van der Waals surface area contributed by atoms with Crippen molar-refractivity contribution in [2.75, 3.05) is 39.6 Å². The van der Waals surface area contributed by atoms with E-state index in [1.165, 1.54) is 180 Å². The number of unbranched alkanes of at least 4 members (excludes halogenated alkanes) is 24. The van der Waals surface area contributed by atoms with Gasteiger partial charge in [-0.3, -0.25) is 0 Å². The number of hydrogen-bond acceptors (Lipinski definition) is 4. The van der Waals surface area contributed by atoms with Crippen LogP contribution in [0.25, 0.3) is 0 Å². The Morgan fingerprint density at radius 1 is 0.356 bits per heavy atom. The Balaban J connectivity index is 0.924. The summed E-state index contributed by atoms with van der Waals surface area (Å²) in [6.45, 7) is 5.32. The molecule has 1 aliphatic carbocycles. The van der Waals surface area contributed by atoms with Gasteiger partial charge in [0.05, 0.1) is 26.4 Å². The molecule has 0 radical (unpaired) electrons. The highest BCUT2D eigenvalue weighted by atomic mass is 16.6. The molecular weight excluding hydrogens is 556 g/mol. The lowest BCUT2D eigenvalue weighted by Crippen LogP contribution is -2.02. The molecule has 3 fully saturated rings. The highest BCUT2D eigenvalue weighted by molar-refractivity contribution is 4.76. The quantitative estimate of drug-likeness (QED) is 0.0508. The van der Waals surface area contributed by atoms with E-state index >= 15 is 0 Å². The standard InChI is InChI=1S/C41H78O4/c1(5-9-13-17-21-25-31-42-34-40-36-44-40)3-7-11-15-19-23-27-38-29-30-39(33-38)28-24-20-16-12-8-4-2-6-10-14-18-22-26-32-43-35-41-37-45-41/h38-41H,1-37H2/t38-,39+,40-,41-/m0/s1. The van der Waals surface area contributed by atoms with Gasteiger partial charge in [0.2, 0.25) is 0 Å². The zero-order chi connectivity index (χ0) is 31.3. The summed E-state index contributed by atoms with van der Waals surface area (Å²) in [5.74, 6) is 2.14. The lowest BCUT2D eigenvalue weighted by Gasteiger charge is -2.11. The normalized spacial score (nSPS) is 22.4. The van der Waals surface area contributed by atoms with Gasteiger partial charge in [-0.25, -0.2) is 0 Å². The summed E-state index contributed by atoms with van der Waals surface area (Å²) in [5.41, 5.74) is 0. The Hall–Kier alpha value is -0.160. The maximum atomic E-state index is 5.61. The van der Waals surface area contributed by atoms with Crippen molar-refractivity contribution in [1.29, 1.82) is 0 Å². The molecule has 0 aromatic heterocycles. The van der Waals surface area contributed by atoms with Crippen molar-refractivity contribution in [2.45, 2.75) is 211 Å². The average molecular weight is 635 g/mol. The van der Waals surface area contributed by atoms with Crippen molar-refractivity contribution in [3.8, 4) is 0 Å². The first-order chi connectivity index (χ1) is 22.4. The molecule has 0 aromatic rings. The molecule has 4 atom stereocenters. The number of epoxide rings is 2. The number of rotatable bonds is 36. The van der Waals surface area contributed by atoms with E-state index in [1.54, 1.807) is 19.3 Å². The van der Waals surface area contributed by atoms with Crippen LogP contribution in [-0.4, -0.2) is 51.8 Å². The van der Waals surface area contributed by atoms with Crippen molar-refractivity contribution < 1.29 is 18.9 Å². The van der Waals surface area contributed by atoms with Gasteiger partial charge in [0.15, 0.2) is 0 Å². The van der Waals surface area contributed by atoms with Gasteiger partial charge in [0.25, 0.3) is 0 Å². The minimum Gasteiger partial charge on any atom is -0.379 e. The summed E-state index contributed by atoms with van der Waals surface area (Å²) in [4.78, 5) is 0. The molecule has 3 aliphatic rings. The third-order valence-electron chi connectivity index (χ3n) is 10.9. The largest absolute Gasteiger partial charge is 0.379 e. The zero-order valence-electron chi connectivity index (χ0n) is 30.1. The lowest BCUT2D eigenvalue weighted by atomic mass is 9.95. The highest BCUT2D eigenvalue weighted by Gasteiger charge is 2.24. The van der Waals surface area contributed by atoms with Crippen molar-refractivity contribution >= 4 is 0 Å². The van der Waals surface area contributed by atoms with Crippen LogP contribution in [0.5, 0.6) is 0 Å². The third-order valence-corrected chi connectivity index (χ3v) is 10.9. The fourth-order valence-corrected chi connectivity index (χ4v) is 7.62. The topological polar surface area (TPSA) is 43.5 Å². The van der Waals surface area contributed by atoms with Crippen LogP contribution < -0.4 is 0 Å². The molecule has 2 aliphatic heterocycles. The van der Waals surface area contributed by atoms with E-state index in [9.17, 15) is 0 Å². The molecule has 0 spiro atoms. The fraction of sp³-hybridized carbons (Fsp3) is 1.00. The summed E-state index contributed by atoms with van der Waals surface area (Å²) in [6, 6.07) is 0. The number of ether oxygens (including phenoxy) is 4. The summed E-state index contributed by atoms with van der Waals surface area (Å²) in [5, 5.41) is 0. The summed E-state index contributed by atoms with van der Waals surface area (Å²) < 4.78 is 21.6. The second-order valence-electron chi connectivity index (χ2n) is 15.4. The molecule has 2 saturated heterocycles. The molecule has 2 heterocycles. The monoisotopic (exact) mass is 635 g/mol. The first-order valence-electron chi connectivity index (χ1n) is 20.8. The predicted molar refractivity (Wildman–Crippen MR) is 191 cm³/mol. The molecule has 0 bridgehead atoms. The van der Waals surface area contributed by atoms with Crippen LogP contribution in [0, 0.1) is 11.8 Å². The van der Waals surface area contributed by atoms with Crippen LogP contribution in [-0.2, 0) is 18.9 Å². The molecule has 0 aromatic carbocycles. The zero-order valence-corrected chi connectivity index (χ0v) is 30.1. The molecule has 0 unspecified atom stereocenters. The van der Waals surface area contributed by atoms with E-state index in [0.717, 1.165) is 51.5 Å². The van der Waals surface area contributed by atoms with Gasteiger partial charge in [-0.1, -0.05) is 180 Å². The van der Waals surface area contributed by atoms with E-state index in [-0.39, 0.29) is 0 Å². The molecule has 4 nitrogen and oxygen atoms in total. The molecule has 0 N–H and O–H groups in total. The SMILES string of the molecule is C(CCCCCCCOC[C@H]1CO1)CCCCCCC[C@@H]1CC[C@H](CCCCCCCCCCCCCCCOC[C@H]2CO2)C1. The van der Waals surface area contributed by atoms with E-state index < -0.39 is 0 Å². The Labute approximate surface area is 281 Å². The van der Waals surface area contributed by atoms with Crippen molar-refractivity contribution in [3.63, 3.8) is 0 Å². The van der Waals surface area contributed by atoms with Crippen LogP contribution in [0.1, 0.15) is 199 Å². The van der Waals surface area contributed by atoms with E-state index in [0.29, 0.717) is 12.2 Å². The van der Waals surface area contributed by atoms with E-state index in [4.69, 9.17) is 18.9 Å². The molecule has 4 heteroatoms. The van der Waals surface area contributed by atoms with Gasteiger partial charge in [-0.15, -0.1) is 0 Å². The minimum absolute atomic E-state index is 0.422. The predicted octanol–water partition coefficient (Wildman–Crippen LogP) is 12.2. The first kappa shape index (κ1) is 39.3. The van der Waals surface area contributed by atoms with Gasteiger partial charge in [0.1, 0.15) is 12.2 Å². The molecule has 1 saturated carbocycles. The first-order valence-corrected chi connectivity index (χ1v) is 20.8. The molecule has 45 heavy (non-hydrogen) atoms. The Morgan fingerprint density at radius 2 is 0.622 bits per heavy atom. The van der Waals surface area contributed by atoms with Gasteiger partial charge in [-0.2, -0.15) is 0 Å². The molecular formula is C41H78O4. The van der Waals surface area contributed by atoms with Gasteiger partial charge >= 0.3 is 0 Å².